The zero-order valence-electron chi connectivity index (χ0n) is 53.4. The largest absolute Gasteiger partial charge is 0.472 e. The molecular formula is C69H114O16P2. The standard InChI is InChI=1S/C69H114O16P2/c1-4-7-10-13-16-19-22-25-28-30-31-33-36-37-40-43-46-49-52-55-67(72)79-58-64(70)59-81-86(75,76)82-60-65(71)61-83-87(77,78)84-63-66(85-69(74)57-54-51-48-45-42-39-34-27-24-21-18-15-12-9-6-3)62-80-68(73)56-53-50-47-44-41-38-35-32-29-26-23-20-17-14-11-8-5-2/h7-12,16-21,25-29,31,33-34,37,40,64-66,70-71H,4-6,13-15,22-24,30,32,35-36,38-39,41-63H2,1-3H3,(H,75,76)(H,77,78)/b10-7-,11-8-,12-9-,19-16-,20-17-,21-18-,28-25-,29-26-,33-31-,34-27-,40-37-. The zero-order chi connectivity index (χ0) is 63.8. The summed E-state index contributed by atoms with van der Waals surface area (Å²) in [5.41, 5.74) is 0. The van der Waals surface area contributed by atoms with Crippen molar-refractivity contribution in [2.45, 2.75) is 245 Å². The summed E-state index contributed by atoms with van der Waals surface area (Å²) >= 11 is 0. The molecule has 0 aromatic heterocycles. The minimum Gasteiger partial charge on any atom is -0.463 e. The Labute approximate surface area is 525 Å². The molecule has 0 bridgehead atoms. The SMILES string of the molecule is CC/C=C\C/C=C\C/C=C\C/C=C\C/C=C\CCCCCC(=O)OCC(O)COP(=O)(O)OCC(O)COP(=O)(O)OCC(COC(=O)CCCCCCCCC/C=C\C/C=C\C/C=C\CC)OC(=O)CCCCCCC/C=C\C/C=C\C/C=C\CC. The van der Waals surface area contributed by atoms with Gasteiger partial charge < -0.3 is 34.2 Å². The second-order valence-electron chi connectivity index (χ2n) is 21.1. The first-order chi connectivity index (χ1) is 42.2. The monoisotopic (exact) mass is 1260 g/mol. The molecule has 0 rings (SSSR count). The van der Waals surface area contributed by atoms with Crippen LogP contribution in [-0.4, -0.2) is 95.9 Å². The van der Waals surface area contributed by atoms with Gasteiger partial charge in [0.2, 0.25) is 0 Å². The maximum absolute atomic E-state index is 12.9. The lowest BCUT2D eigenvalue weighted by Gasteiger charge is -2.21. The number of aliphatic hydroxyl groups is 2. The summed E-state index contributed by atoms with van der Waals surface area (Å²) in [5, 5.41) is 20.5. The molecule has 496 valence electrons. The Morgan fingerprint density at radius 2 is 0.575 bits per heavy atom. The highest BCUT2D eigenvalue weighted by Crippen LogP contribution is 2.45. The van der Waals surface area contributed by atoms with Gasteiger partial charge in [0.05, 0.1) is 26.4 Å². The number of hydrogen-bond acceptors (Lipinski definition) is 14. The van der Waals surface area contributed by atoms with Crippen molar-refractivity contribution in [1.82, 2.24) is 0 Å². The molecule has 0 fully saturated rings. The predicted octanol–water partition coefficient (Wildman–Crippen LogP) is 17.6. The van der Waals surface area contributed by atoms with E-state index in [-0.39, 0.29) is 19.3 Å². The van der Waals surface area contributed by atoms with Gasteiger partial charge in [-0.05, 0) is 128 Å². The number of rotatable bonds is 60. The molecule has 0 aromatic rings. The van der Waals surface area contributed by atoms with E-state index in [0.717, 1.165) is 167 Å². The minimum atomic E-state index is -4.94. The molecule has 0 heterocycles. The number of hydrogen-bond donors (Lipinski definition) is 4. The van der Waals surface area contributed by atoms with Gasteiger partial charge in [-0.1, -0.05) is 212 Å². The Hall–Kier alpha value is -4.31. The highest BCUT2D eigenvalue weighted by atomic mass is 31.2. The molecule has 0 amide bonds. The number of carbonyl (C=O) groups excluding carboxylic acids is 3. The van der Waals surface area contributed by atoms with Crippen molar-refractivity contribution in [2.24, 2.45) is 0 Å². The lowest BCUT2D eigenvalue weighted by atomic mass is 10.1. The van der Waals surface area contributed by atoms with Crippen LogP contribution in [0, 0.1) is 0 Å². The van der Waals surface area contributed by atoms with Gasteiger partial charge in [0.25, 0.3) is 0 Å². The Morgan fingerprint density at radius 1 is 0.322 bits per heavy atom. The van der Waals surface area contributed by atoms with Crippen LogP contribution in [0.2, 0.25) is 0 Å². The van der Waals surface area contributed by atoms with Crippen LogP contribution in [0.4, 0.5) is 0 Å². The lowest BCUT2D eigenvalue weighted by molar-refractivity contribution is -0.161. The molecule has 0 spiro atoms. The van der Waals surface area contributed by atoms with Crippen LogP contribution in [0.15, 0.2) is 134 Å². The van der Waals surface area contributed by atoms with E-state index >= 15 is 0 Å². The van der Waals surface area contributed by atoms with Gasteiger partial charge in [0, 0.05) is 19.3 Å². The van der Waals surface area contributed by atoms with Gasteiger partial charge >= 0.3 is 33.6 Å². The summed E-state index contributed by atoms with van der Waals surface area (Å²) in [5.74, 6) is -1.65. The van der Waals surface area contributed by atoms with Crippen molar-refractivity contribution in [1.29, 1.82) is 0 Å². The number of allylic oxidation sites excluding steroid dienone is 22. The summed E-state index contributed by atoms with van der Waals surface area (Å²) in [6.45, 7) is 2.23. The summed E-state index contributed by atoms with van der Waals surface area (Å²) in [7, 11) is -9.80. The van der Waals surface area contributed by atoms with E-state index in [1.165, 1.54) is 0 Å². The third kappa shape index (κ3) is 63.1. The first kappa shape index (κ1) is 82.7. The number of carbonyl (C=O) groups is 3. The van der Waals surface area contributed by atoms with Crippen LogP contribution in [0.5, 0.6) is 0 Å². The van der Waals surface area contributed by atoms with Gasteiger partial charge in [-0.3, -0.25) is 32.5 Å². The molecule has 0 aliphatic heterocycles. The number of esters is 3. The maximum Gasteiger partial charge on any atom is 0.472 e. The van der Waals surface area contributed by atoms with Crippen molar-refractivity contribution in [3.05, 3.63) is 134 Å². The van der Waals surface area contributed by atoms with E-state index in [1.54, 1.807) is 0 Å². The molecule has 87 heavy (non-hydrogen) atoms. The van der Waals surface area contributed by atoms with Crippen molar-refractivity contribution >= 4 is 33.6 Å². The first-order valence-corrected chi connectivity index (χ1v) is 35.5. The second-order valence-corrected chi connectivity index (χ2v) is 24.0. The molecule has 0 aromatic carbocycles. The fourth-order valence-electron chi connectivity index (χ4n) is 7.98. The maximum atomic E-state index is 12.9. The minimum absolute atomic E-state index is 0.0779. The number of phosphoric acid groups is 2. The molecule has 16 nitrogen and oxygen atoms in total. The Kier molecular flexibility index (Phi) is 58.8. The third-order valence-electron chi connectivity index (χ3n) is 12.9. The normalized spacial score (nSPS) is 15.2. The quantitative estimate of drug-likeness (QED) is 0.0146. The molecule has 0 saturated carbocycles. The molecule has 5 atom stereocenters. The number of unbranched alkanes of at least 4 members (excludes halogenated alkanes) is 15. The molecule has 18 heteroatoms. The average Bonchev–Trinajstić information content (AvgIpc) is 3.68. The van der Waals surface area contributed by atoms with Crippen LogP contribution in [0.25, 0.3) is 0 Å². The molecule has 0 aliphatic carbocycles. The lowest BCUT2D eigenvalue weighted by Crippen LogP contribution is -2.30. The van der Waals surface area contributed by atoms with Crippen LogP contribution in [0.1, 0.15) is 226 Å². The van der Waals surface area contributed by atoms with E-state index in [0.29, 0.717) is 19.3 Å². The third-order valence-corrected chi connectivity index (χ3v) is 14.8. The number of phosphoric ester groups is 2. The van der Waals surface area contributed by atoms with Gasteiger partial charge in [-0.15, -0.1) is 0 Å². The van der Waals surface area contributed by atoms with Gasteiger partial charge in [-0.25, -0.2) is 9.13 Å². The van der Waals surface area contributed by atoms with Gasteiger partial charge in [0.1, 0.15) is 25.4 Å². The van der Waals surface area contributed by atoms with Crippen molar-refractivity contribution in [3.63, 3.8) is 0 Å². The van der Waals surface area contributed by atoms with E-state index < -0.39 is 91.5 Å². The van der Waals surface area contributed by atoms with Crippen LogP contribution < -0.4 is 0 Å². The zero-order valence-corrected chi connectivity index (χ0v) is 55.2. The summed E-state index contributed by atoms with van der Waals surface area (Å²) in [6, 6.07) is 0. The Balaban J connectivity index is 4.74. The van der Waals surface area contributed by atoms with Gasteiger partial charge in [-0.2, -0.15) is 0 Å². The van der Waals surface area contributed by atoms with Crippen LogP contribution in [0.3, 0.4) is 0 Å². The van der Waals surface area contributed by atoms with E-state index in [9.17, 15) is 43.5 Å². The molecule has 0 radical (unpaired) electrons. The van der Waals surface area contributed by atoms with Crippen LogP contribution in [-0.2, 0) is 55.8 Å². The predicted molar refractivity (Wildman–Crippen MR) is 353 cm³/mol. The fraction of sp³-hybridized carbons (Fsp3) is 0.638. The fourth-order valence-corrected chi connectivity index (χ4v) is 9.56. The smallest absolute Gasteiger partial charge is 0.463 e. The highest BCUT2D eigenvalue weighted by Gasteiger charge is 2.29. The van der Waals surface area contributed by atoms with Crippen molar-refractivity contribution < 1.29 is 75.8 Å². The van der Waals surface area contributed by atoms with E-state index in [1.807, 2.05) is 0 Å². The van der Waals surface area contributed by atoms with E-state index in [4.69, 9.17) is 32.3 Å². The second kappa shape index (κ2) is 61.9. The number of ether oxygens (including phenoxy) is 3. The molecule has 5 unspecified atom stereocenters. The summed E-state index contributed by atoms with van der Waals surface area (Å²) in [4.78, 5) is 58.3. The van der Waals surface area contributed by atoms with Crippen molar-refractivity contribution in [3.8, 4) is 0 Å². The van der Waals surface area contributed by atoms with E-state index in [2.05, 4.69) is 154 Å². The van der Waals surface area contributed by atoms with Gasteiger partial charge in [0.15, 0.2) is 6.10 Å². The summed E-state index contributed by atoms with van der Waals surface area (Å²) < 4.78 is 60.8. The van der Waals surface area contributed by atoms with Crippen LogP contribution >= 0.6 is 15.6 Å². The Morgan fingerprint density at radius 3 is 0.920 bits per heavy atom. The average molecular weight is 1260 g/mol. The Bertz CT molecular complexity index is 2120. The molecule has 0 saturated heterocycles. The first-order valence-electron chi connectivity index (χ1n) is 32.5. The highest BCUT2D eigenvalue weighted by molar-refractivity contribution is 7.47. The number of aliphatic hydroxyl groups excluding tert-OH is 2. The molecule has 0 aliphatic rings. The molecular weight excluding hydrogens is 1150 g/mol. The summed E-state index contributed by atoms with van der Waals surface area (Å²) in [6.07, 6.45) is 70.8. The van der Waals surface area contributed by atoms with Crippen molar-refractivity contribution in [2.75, 3.05) is 39.6 Å². The molecule has 4 N–H and O–H groups in total. The topological polar surface area (TPSA) is 231 Å².